The molecule has 0 radical (unpaired) electrons. The molecule has 3 rings (SSSR count). The van der Waals surface area contributed by atoms with Gasteiger partial charge in [0, 0.05) is 11.8 Å². The van der Waals surface area contributed by atoms with Gasteiger partial charge in [0.25, 0.3) is 0 Å². The first-order chi connectivity index (χ1) is 10.3. The minimum Gasteiger partial charge on any atom is -0.492 e. The summed E-state index contributed by atoms with van der Waals surface area (Å²) in [4.78, 5) is 25.1. The van der Waals surface area contributed by atoms with Crippen molar-refractivity contribution in [1.82, 2.24) is 15.0 Å². The maximum absolute atomic E-state index is 12.4. The fourth-order valence-corrected chi connectivity index (χ4v) is 2.00. The van der Waals surface area contributed by atoms with E-state index in [1.165, 1.54) is 12.4 Å². The van der Waals surface area contributed by atoms with Gasteiger partial charge in [0.05, 0.1) is 30.0 Å². The molecule has 0 saturated heterocycles. The fourth-order valence-electron chi connectivity index (χ4n) is 2.00. The van der Waals surface area contributed by atoms with Gasteiger partial charge in [-0.2, -0.15) is 0 Å². The summed E-state index contributed by atoms with van der Waals surface area (Å²) in [6, 6.07) is 9.09. The van der Waals surface area contributed by atoms with Crippen LogP contribution in [0.25, 0.3) is 11.0 Å². The van der Waals surface area contributed by atoms with E-state index in [9.17, 15) is 4.79 Å². The summed E-state index contributed by atoms with van der Waals surface area (Å²) in [7, 11) is 0. The van der Waals surface area contributed by atoms with Crippen molar-refractivity contribution in [2.24, 2.45) is 0 Å². The Balaban J connectivity index is 1.97. The van der Waals surface area contributed by atoms with E-state index in [-0.39, 0.29) is 5.78 Å². The minimum atomic E-state index is -0.220. The van der Waals surface area contributed by atoms with Gasteiger partial charge in [-0.05, 0) is 25.1 Å². The molecule has 0 aliphatic carbocycles. The molecular weight excluding hydrogens is 266 g/mol. The number of ether oxygens (including phenoxy) is 1. The molecule has 0 bridgehead atoms. The van der Waals surface area contributed by atoms with E-state index in [2.05, 4.69) is 15.0 Å². The van der Waals surface area contributed by atoms with Gasteiger partial charge in [-0.1, -0.05) is 12.1 Å². The number of rotatable bonds is 4. The first-order valence-corrected chi connectivity index (χ1v) is 6.62. The van der Waals surface area contributed by atoms with E-state index < -0.39 is 0 Å². The first kappa shape index (κ1) is 13.2. The zero-order valence-electron chi connectivity index (χ0n) is 11.5. The monoisotopic (exact) mass is 279 g/mol. The van der Waals surface area contributed by atoms with E-state index in [0.29, 0.717) is 29.1 Å². The van der Waals surface area contributed by atoms with E-state index in [0.717, 1.165) is 5.52 Å². The molecule has 0 N–H and O–H groups in total. The molecule has 21 heavy (non-hydrogen) atoms. The van der Waals surface area contributed by atoms with E-state index in [1.807, 2.05) is 31.2 Å². The van der Waals surface area contributed by atoms with Crippen LogP contribution >= 0.6 is 0 Å². The molecule has 0 fully saturated rings. The third kappa shape index (κ3) is 2.72. The lowest BCUT2D eigenvalue weighted by molar-refractivity contribution is 0.103. The Kier molecular flexibility index (Phi) is 3.55. The molecule has 0 aliphatic rings. The van der Waals surface area contributed by atoms with Crippen LogP contribution in [0.1, 0.15) is 23.0 Å². The molecule has 0 amide bonds. The molecular formula is C16H13N3O2. The van der Waals surface area contributed by atoms with Crippen LogP contribution in [-0.4, -0.2) is 27.3 Å². The second-order valence-electron chi connectivity index (χ2n) is 4.42. The quantitative estimate of drug-likeness (QED) is 0.687. The number of hydrogen-bond acceptors (Lipinski definition) is 5. The van der Waals surface area contributed by atoms with Crippen molar-refractivity contribution in [3.8, 4) is 5.75 Å². The number of para-hydroxylation sites is 2. The number of benzene rings is 1. The smallest absolute Gasteiger partial charge is 0.214 e. The lowest BCUT2D eigenvalue weighted by Gasteiger charge is -2.05. The molecule has 0 unspecified atom stereocenters. The highest BCUT2D eigenvalue weighted by Crippen LogP contribution is 2.15. The van der Waals surface area contributed by atoms with Crippen LogP contribution in [0.4, 0.5) is 0 Å². The van der Waals surface area contributed by atoms with Crippen LogP contribution in [-0.2, 0) is 0 Å². The normalized spacial score (nSPS) is 10.5. The van der Waals surface area contributed by atoms with Crippen molar-refractivity contribution in [2.75, 3.05) is 6.61 Å². The molecule has 5 heteroatoms. The third-order valence-electron chi connectivity index (χ3n) is 2.97. The van der Waals surface area contributed by atoms with Gasteiger partial charge < -0.3 is 4.74 Å². The van der Waals surface area contributed by atoms with Crippen molar-refractivity contribution in [3.05, 3.63) is 60.2 Å². The second kappa shape index (κ2) is 5.66. The van der Waals surface area contributed by atoms with Crippen LogP contribution in [0.3, 0.4) is 0 Å². The van der Waals surface area contributed by atoms with Crippen molar-refractivity contribution < 1.29 is 9.53 Å². The fraction of sp³-hybridized carbons (Fsp3) is 0.125. The van der Waals surface area contributed by atoms with Gasteiger partial charge in [-0.15, -0.1) is 0 Å². The number of carbonyl (C=O) groups is 1. The van der Waals surface area contributed by atoms with Crippen molar-refractivity contribution in [1.29, 1.82) is 0 Å². The molecule has 2 aromatic heterocycles. The zero-order valence-corrected chi connectivity index (χ0v) is 11.5. The second-order valence-corrected chi connectivity index (χ2v) is 4.42. The van der Waals surface area contributed by atoms with Crippen LogP contribution in [0.15, 0.2) is 48.9 Å². The third-order valence-corrected chi connectivity index (χ3v) is 2.97. The van der Waals surface area contributed by atoms with Crippen LogP contribution in [0.2, 0.25) is 0 Å². The number of hydrogen-bond donors (Lipinski definition) is 0. The molecule has 5 nitrogen and oxygen atoms in total. The maximum atomic E-state index is 12.4. The summed E-state index contributed by atoms with van der Waals surface area (Å²) in [6.45, 7) is 2.40. The molecule has 0 spiro atoms. The van der Waals surface area contributed by atoms with Gasteiger partial charge in [0.1, 0.15) is 11.4 Å². The molecule has 0 atom stereocenters. The van der Waals surface area contributed by atoms with Crippen molar-refractivity contribution in [2.45, 2.75) is 6.92 Å². The predicted octanol–water partition coefficient (Wildman–Crippen LogP) is 2.65. The molecule has 3 aromatic rings. The largest absolute Gasteiger partial charge is 0.492 e. The first-order valence-electron chi connectivity index (χ1n) is 6.62. The van der Waals surface area contributed by atoms with E-state index in [1.54, 1.807) is 12.3 Å². The summed E-state index contributed by atoms with van der Waals surface area (Å²) in [5.41, 5.74) is 2.18. The van der Waals surface area contributed by atoms with Gasteiger partial charge in [0.15, 0.2) is 0 Å². The van der Waals surface area contributed by atoms with E-state index >= 15 is 0 Å². The highest BCUT2D eigenvalue weighted by atomic mass is 16.5. The molecule has 104 valence electrons. The highest BCUT2D eigenvalue weighted by molar-refractivity contribution is 6.08. The van der Waals surface area contributed by atoms with Crippen molar-refractivity contribution >= 4 is 16.8 Å². The van der Waals surface area contributed by atoms with Gasteiger partial charge >= 0.3 is 0 Å². The molecule has 0 aliphatic heterocycles. The molecule has 1 aromatic carbocycles. The number of pyridine rings is 1. The van der Waals surface area contributed by atoms with Gasteiger partial charge in [0.2, 0.25) is 5.78 Å². The van der Waals surface area contributed by atoms with Crippen LogP contribution in [0.5, 0.6) is 5.75 Å². The average molecular weight is 279 g/mol. The number of ketones is 1. The van der Waals surface area contributed by atoms with Crippen LogP contribution < -0.4 is 4.74 Å². The standard InChI is InChI=1S/C16H13N3O2/c1-2-21-12-7-11(8-17-9-12)16(20)15-10-18-13-5-3-4-6-14(13)19-15/h3-10H,2H2,1H3. The number of fused-ring (bicyclic) bond motifs is 1. The summed E-state index contributed by atoms with van der Waals surface area (Å²) in [6.07, 6.45) is 4.56. The Labute approximate surface area is 121 Å². The Bertz CT molecular complexity index is 802. The average Bonchev–Trinajstić information content (AvgIpc) is 2.54. The zero-order chi connectivity index (χ0) is 14.7. The van der Waals surface area contributed by atoms with Crippen LogP contribution in [0, 0.1) is 0 Å². The lowest BCUT2D eigenvalue weighted by atomic mass is 10.1. The number of aromatic nitrogens is 3. The van der Waals surface area contributed by atoms with Gasteiger partial charge in [-0.3, -0.25) is 14.8 Å². The topological polar surface area (TPSA) is 65.0 Å². The maximum Gasteiger partial charge on any atom is 0.214 e. The summed E-state index contributed by atoms with van der Waals surface area (Å²) in [5.74, 6) is 0.347. The predicted molar refractivity (Wildman–Crippen MR) is 78.4 cm³/mol. The Morgan fingerprint density at radius 2 is 1.95 bits per heavy atom. The summed E-state index contributed by atoms with van der Waals surface area (Å²) in [5, 5.41) is 0. The summed E-state index contributed by atoms with van der Waals surface area (Å²) >= 11 is 0. The SMILES string of the molecule is CCOc1cncc(C(=O)c2cnc3ccccc3n2)c1. The number of carbonyl (C=O) groups excluding carboxylic acids is 1. The minimum absolute atomic E-state index is 0.220. The Morgan fingerprint density at radius 1 is 1.14 bits per heavy atom. The number of nitrogens with zero attached hydrogens (tertiary/aromatic N) is 3. The Hall–Kier alpha value is -2.82. The Morgan fingerprint density at radius 3 is 2.76 bits per heavy atom. The summed E-state index contributed by atoms with van der Waals surface area (Å²) < 4.78 is 5.35. The van der Waals surface area contributed by atoms with Gasteiger partial charge in [-0.25, -0.2) is 4.98 Å². The molecule has 2 heterocycles. The lowest BCUT2D eigenvalue weighted by Crippen LogP contribution is -2.06. The van der Waals surface area contributed by atoms with Crippen molar-refractivity contribution in [3.63, 3.8) is 0 Å². The molecule has 0 saturated carbocycles. The van der Waals surface area contributed by atoms with E-state index in [4.69, 9.17) is 4.74 Å². The highest BCUT2D eigenvalue weighted by Gasteiger charge is 2.13.